The van der Waals surface area contributed by atoms with Crippen LogP contribution in [-0.2, 0) is 16.1 Å². The molecular weight excluding hydrogens is 314 g/mol. The minimum atomic E-state index is -0.449. The molecule has 1 aromatic heterocycles. The van der Waals surface area contributed by atoms with E-state index >= 15 is 0 Å². The molecule has 1 aliphatic rings. The van der Waals surface area contributed by atoms with Gasteiger partial charge in [0.2, 0.25) is 5.90 Å². The lowest BCUT2D eigenvalue weighted by Gasteiger charge is -2.00. The van der Waals surface area contributed by atoms with Crippen molar-refractivity contribution in [2.45, 2.75) is 6.54 Å². The minimum Gasteiger partial charge on any atom is -0.402 e. The Bertz CT molecular complexity index is 957. The molecule has 0 saturated carbocycles. The number of esters is 1. The third-order valence-corrected chi connectivity index (χ3v) is 3.79. The summed E-state index contributed by atoms with van der Waals surface area (Å²) in [5, 5.41) is 4.33. The van der Waals surface area contributed by atoms with Crippen LogP contribution < -0.4 is 0 Å². The van der Waals surface area contributed by atoms with Gasteiger partial charge in [0, 0.05) is 17.3 Å². The number of aromatic nitrogens is 2. The summed E-state index contributed by atoms with van der Waals surface area (Å²) in [7, 11) is 0. The van der Waals surface area contributed by atoms with E-state index in [4.69, 9.17) is 4.74 Å². The van der Waals surface area contributed by atoms with Gasteiger partial charge in [-0.05, 0) is 23.8 Å². The molecule has 122 valence electrons. The van der Waals surface area contributed by atoms with Gasteiger partial charge in [0.15, 0.2) is 5.70 Å². The van der Waals surface area contributed by atoms with Crippen LogP contribution in [0.4, 0.5) is 0 Å². The topological polar surface area (TPSA) is 56.5 Å². The summed E-state index contributed by atoms with van der Waals surface area (Å²) in [6.45, 7) is 0.674. The van der Waals surface area contributed by atoms with Crippen LogP contribution in [-0.4, -0.2) is 21.6 Å². The number of benzene rings is 2. The Morgan fingerprint density at radius 1 is 1.00 bits per heavy atom. The van der Waals surface area contributed by atoms with Crippen LogP contribution in [0.3, 0.4) is 0 Å². The highest BCUT2D eigenvalue weighted by molar-refractivity contribution is 6.12. The molecule has 2 aromatic carbocycles. The largest absolute Gasteiger partial charge is 0.402 e. The second kappa shape index (κ2) is 6.57. The highest BCUT2D eigenvalue weighted by Gasteiger charge is 2.24. The molecule has 2 heterocycles. The number of ether oxygens (including phenoxy) is 1. The van der Waals surface area contributed by atoms with Crippen LogP contribution in [0.1, 0.15) is 16.7 Å². The van der Waals surface area contributed by atoms with Gasteiger partial charge < -0.3 is 4.74 Å². The Labute approximate surface area is 144 Å². The van der Waals surface area contributed by atoms with Gasteiger partial charge in [-0.1, -0.05) is 48.5 Å². The second-order valence-corrected chi connectivity index (χ2v) is 5.66. The molecule has 5 nitrogen and oxygen atoms in total. The number of carbonyl (C=O) groups is 1. The lowest BCUT2D eigenvalue weighted by atomic mass is 10.2. The van der Waals surface area contributed by atoms with Gasteiger partial charge in [-0.2, -0.15) is 5.10 Å². The zero-order valence-electron chi connectivity index (χ0n) is 13.4. The van der Waals surface area contributed by atoms with Crippen molar-refractivity contribution in [3.63, 3.8) is 0 Å². The van der Waals surface area contributed by atoms with Crippen molar-refractivity contribution in [1.29, 1.82) is 0 Å². The first-order chi connectivity index (χ1) is 12.3. The molecule has 25 heavy (non-hydrogen) atoms. The van der Waals surface area contributed by atoms with E-state index in [1.165, 1.54) is 0 Å². The summed E-state index contributed by atoms with van der Waals surface area (Å²) in [5.41, 5.74) is 3.02. The number of hydrogen-bond acceptors (Lipinski definition) is 4. The highest BCUT2D eigenvalue weighted by atomic mass is 16.6. The monoisotopic (exact) mass is 329 g/mol. The van der Waals surface area contributed by atoms with Crippen molar-refractivity contribution in [3.05, 3.63) is 95.4 Å². The third-order valence-electron chi connectivity index (χ3n) is 3.79. The summed E-state index contributed by atoms with van der Waals surface area (Å²) < 4.78 is 7.07. The molecule has 0 radical (unpaired) electrons. The van der Waals surface area contributed by atoms with E-state index in [2.05, 4.69) is 10.1 Å². The van der Waals surface area contributed by atoms with E-state index in [-0.39, 0.29) is 5.70 Å². The van der Waals surface area contributed by atoms with Gasteiger partial charge in [0.05, 0.1) is 12.7 Å². The summed E-state index contributed by atoms with van der Waals surface area (Å²) in [6.07, 6.45) is 5.27. The molecule has 1 aliphatic heterocycles. The normalized spacial score (nSPS) is 15.3. The zero-order chi connectivity index (χ0) is 17.1. The van der Waals surface area contributed by atoms with Gasteiger partial charge in [-0.25, -0.2) is 9.79 Å². The minimum absolute atomic E-state index is 0.276. The van der Waals surface area contributed by atoms with Gasteiger partial charge in [-0.3, -0.25) is 4.68 Å². The average Bonchev–Trinajstić information content (AvgIpc) is 3.24. The lowest BCUT2D eigenvalue weighted by Crippen LogP contribution is -2.04. The smallest absolute Gasteiger partial charge is 0.363 e. The van der Waals surface area contributed by atoms with E-state index < -0.39 is 5.97 Å². The van der Waals surface area contributed by atoms with E-state index in [1.54, 1.807) is 12.3 Å². The molecule has 0 atom stereocenters. The maximum absolute atomic E-state index is 12.0. The number of cyclic esters (lactones) is 1. The predicted octanol–water partition coefficient (Wildman–Crippen LogP) is 3.28. The molecule has 5 heteroatoms. The number of nitrogens with zero attached hydrogens (tertiary/aromatic N) is 3. The first-order valence-corrected chi connectivity index (χ1v) is 7.92. The van der Waals surface area contributed by atoms with Crippen LogP contribution >= 0.6 is 0 Å². The van der Waals surface area contributed by atoms with Crippen LogP contribution in [0.5, 0.6) is 0 Å². The molecule has 0 bridgehead atoms. The molecule has 0 fully saturated rings. The number of hydrogen-bond donors (Lipinski definition) is 0. The van der Waals surface area contributed by atoms with Gasteiger partial charge in [0.25, 0.3) is 0 Å². The Morgan fingerprint density at radius 2 is 1.72 bits per heavy atom. The second-order valence-electron chi connectivity index (χ2n) is 5.66. The first kappa shape index (κ1) is 15.1. The quantitative estimate of drug-likeness (QED) is 0.545. The summed E-state index contributed by atoms with van der Waals surface area (Å²) in [5.74, 6) is -0.122. The van der Waals surface area contributed by atoms with E-state index in [9.17, 15) is 4.79 Å². The fourth-order valence-electron chi connectivity index (χ4n) is 2.58. The number of aliphatic imine (C=N–C) groups is 1. The van der Waals surface area contributed by atoms with Crippen LogP contribution in [0.15, 0.2) is 83.7 Å². The molecule has 0 spiro atoms. The van der Waals surface area contributed by atoms with E-state index in [0.717, 1.165) is 16.7 Å². The Kier molecular flexibility index (Phi) is 3.96. The molecule has 0 unspecified atom stereocenters. The molecule has 4 rings (SSSR count). The molecular formula is C20H15N3O2. The maximum Gasteiger partial charge on any atom is 0.363 e. The fourth-order valence-corrected chi connectivity index (χ4v) is 2.58. The summed E-state index contributed by atoms with van der Waals surface area (Å²) in [4.78, 5) is 16.3. The zero-order valence-corrected chi connectivity index (χ0v) is 13.4. The highest BCUT2D eigenvalue weighted by Crippen LogP contribution is 2.19. The third kappa shape index (κ3) is 3.40. The van der Waals surface area contributed by atoms with Gasteiger partial charge >= 0.3 is 5.97 Å². The van der Waals surface area contributed by atoms with Crippen molar-refractivity contribution in [3.8, 4) is 0 Å². The molecule has 0 saturated heterocycles. The van der Waals surface area contributed by atoms with E-state index in [0.29, 0.717) is 12.4 Å². The van der Waals surface area contributed by atoms with E-state index in [1.807, 2.05) is 71.5 Å². The standard InChI is InChI=1S/C20H15N3O2/c24-20-18(22-19(25-20)17-9-5-2-6-10-17)11-16-12-21-23(14-16)13-15-7-3-1-4-8-15/h1-12,14H,13H2. The Hall–Kier alpha value is -3.47. The number of rotatable bonds is 4. The molecule has 0 amide bonds. The SMILES string of the molecule is O=C1OC(c2ccccc2)=NC1=Cc1cnn(Cc2ccccc2)c1. The molecule has 3 aromatic rings. The van der Waals surface area contributed by atoms with Crippen LogP contribution in [0.2, 0.25) is 0 Å². The van der Waals surface area contributed by atoms with Gasteiger partial charge in [-0.15, -0.1) is 0 Å². The maximum atomic E-state index is 12.0. The molecule has 0 N–H and O–H groups in total. The summed E-state index contributed by atoms with van der Waals surface area (Å²) >= 11 is 0. The van der Waals surface area contributed by atoms with Crippen molar-refractivity contribution in [2.75, 3.05) is 0 Å². The predicted molar refractivity (Wildman–Crippen MR) is 94.8 cm³/mol. The Morgan fingerprint density at radius 3 is 2.48 bits per heavy atom. The van der Waals surface area contributed by atoms with Crippen molar-refractivity contribution in [1.82, 2.24) is 9.78 Å². The fraction of sp³-hybridized carbons (Fsp3) is 0.0500. The van der Waals surface area contributed by atoms with Crippen LogP contribution in [0.25, 0.3) is 6.08 Å². The summed E-state index contributed by atoms with van der Waals surface area (Å²) in [6, 6.07) is 19.4. The van der Waals surface area contributed by atoms with Gasteiger partial charge in [0.1, 0.15) is 0 Å². The first-order valence-electron chi connectivity index (χ1n) is 7.92. The van der Waals surface area contributed by atoms with Crippen molar-refractivity contribution < 1.29 is 9.53 Å². The number of carbonyl (C=O) groups excluding carboxylic acids is 1. The van der Waals surface area contributed by atoms with Crippen LogP contribution in [0, 0.1) is 0 Å². The average molecular weight is 329 g/mol. The molecule has 0 aliphatic carbocycles. The lowest BCUT2D eigenvalue weighted by molar-refractivity contribution is -0.129. The Balaban J connectivity index is 1.55. The van der Waals surface area contributed by atoms with Crippen molar-refractivity contribution in [2.24, 2.45) is 4.99 Å². The van der Waals surface area contributed by atoms with Crippen molar-refractivity contribution >= 4 is 17.9 Å².